The van der Waals surface area contributed by atoms with Gasteiger partial charge in [-0.15, -0.1) is 0 Å². The van der Waals surface area contributed by atoms with Crippen molar-refractivity contribution in [3.8, 4) is 5.75 Å². The molecule has 2 aromatic carbocycles. The van der Waals surface area contributed by atoms with E-state index >= 15 is 0 Å². The summed E-state index contributed by atoms with van der Waals surface area (Å²) in [6, 6.07) is 9.35. The summed E-state index contributed by atoms with van der Waals surface area (Å²) in [5.74, 6) is 0.211. The van der Waals surface area contributed by atoms with Crippen molar-refractivity contribution >= 4 is 21.6 Å². The highest BCUT2D eigenvalue weighted by atomic mass is 32.2. The van der Waals surface area contributed by atoms with E-state index in [-0.39, 0.29) is 4.90 Å². The number of ether oxygens (including phenoxy) is 1. The maximum atomic E-state index is 12.6. The predicted octanol–water partition coefficient (Wildman–Crippen LogP) is 3.32. The van der Waals surface area contributed by atoms with Crippen molar-refractivity contribution < 1.29 is 17.9 Å². The molecular formula is C20H26N2O4S. The van der Waals surface area contributed by atoms with Gasteiger partial charge in [-0.05, 0) is 81.6 Å². The number of carbonyl (C=O) groups is 1. The molecule has 1 atom stereocenters. The minimum atomic E-state index is -3.83. The van der Waals surface area contributed by atoms with Gasteiger partial charge in [0.05, 0.1) is 17.5 Å². The van der Waals surface area contributed by atoms with Crippen molar-refractivity contribution in [2.24, 2.45) is 0 Å². The Balaban J connectivity index is 2.12. The minimum Gasteiger partial charge on any atom is -0.494 e. The fourth-order valence-corrected chi connectivity index (χ4v) is 4.05. The van der Waals surface area contributed by atoms with Crippen LogP contribution in [-0.2, 0) is 14.8 Å². The third kappa shape index (κ3) is 5.55. The van der Waals surface area contributed by atoms with Gasteiger partial charge in [-0.25, -0.2) is 8.42 Å². The summed E-state index contributed by atoms with van der Waals surface area (Å²) in [7, 11) is -3.83. The van der Waals surface area contributed by atoms with E-state index < -0.39 is 22.0 Å². The molecule has 27 heavy (non-hydrogen) atoms. The number of rotatable bonds is 7. The van der Waals surface area contributed by atoms with Crippen molar-refractivity contribution in [1.82, 2.24) is 4.72 Å². The van der Waals surface area contributed by atoms with Gasteiger partial charge in [0, 0.05) is 5.69 Å². The number of nitrogens with one attached hydrogen (secondary N) is 2. The average Bonchev–Trinajstić information content (AvgIpc) is 2.55. The smallest absolute Gasteiger partial charge is 0.242 e. The van der Waals surface area contributed by atoms with Crippen molar-refractivity contribution in [2.75, 3.05) is 11.9 Å². The van der Waals surface area contributed by atoms with Crippen LogP contribution in [0.1, 0.15) is 30.5 Å². The van der Waals surface area contributed by atoms with Gasteiger partial charge in [0.1, 0.15) is 5.75 Å². The Morgan fingerprint density at radius 2 is 1.70 bits per heavy atom. The number of amides is 1. The van der Waals surface area contributed by atoms with Gasteiger partial charge in [-0.3, -0.25) is 4.79 Å². The van der Waals surface area contributed by atoms with E-state index in [9.17, 15) is 13.2 Å². The maximum Gasteiger partial charge on any atom is 0.242 e. The van der Waals surface area contributed by atoms with Crippen molar-refractivity contribution in [1.29, 1.82) is 0 Å². The summed E-state index contributed by atoms with van der Waals surface area (Å²) in [6.07, 6.45) is 0. The molecule has 0 aliphatic heterocycles. The molecular weight excluding hydrogens is 364 g/mol. The largest absolute Gasteiger partial charge is 0.494 e. The summed E-state index contributed by atoms with van der Waals surface area (Å²) >= 11 is 0. The standard InChI is InChI=1S/C20H26N2O4S/c1-6-26-19-8-7-18(12-15(19)4)27(24,25)22-16(5)20(23)21-17-10-13(2)9-14(3)11-17/h7-12,16,22H,6H2,1-5H3,(H,21,23)/t16-/m1/s1. The quantitative estimate of drug-likeness (QED) is 0.760. The topological polar surface area (TPSA) is 84.5 Å². The molecule has 0 radical (unpaired) electrons. The number of sulfonamides is 1. The van der Waals surface area contributed by atoms with Crippen molar-refractivity contribution in [3.63, 3.8) is 0 Å². The molecule has 0 aliphatic carbocycles. The Bertz CT molecular complexity index is 919. The Morgan fingerprint density at radius 1 is 1.07 bits per heavy atom. The highest BCUT2D eigenvalue weighted by Gasteiger charge is 2.23. The Kier molecular flexibility index (Phi) is 6.62. The van der Waals surface area contributed by atoms with Crippen LogP contribution in [-0.4, -0.2) is 27.0 Å². The number of anilines is 1. The first-order chi connectivity index (χ1) is 12.6. The molecule has 1 amide bonds. The fraction of sp³-hybridized carbons (Fsp3) is 0.350. The first-order valence-electron chi connectivity index (χ1n) is 8.77. The van der Waals surface area contributed by atoms with Crippen LogP contribution in [0.25, 0.3) is 0 Å². The van der Waals surface area contributed by atoms with Crippen LogP contribution in [0.5, 0.6) is 5.75 Å². The zero-order valence-electron chi connectivity index (χ0n) is 16.3. The zero-order valence-corrected chi connectivity index (χ0v) is 17.1. The molecule has 2 aromatic rings. The van der Waals surface area contributed by atoms with E-state index in [1.165, 1.54) is 19.1 Å². The van der Waals surface area contributed by atoms with Crippen LogP contribution < -0.4 is 14.8 Å². The van der Waals surface area contributed by atoms with E-state index in [2.05, 4.69) is 10.0 Å². The molecule has 2 N–H and O–H groups in total. The molecule has 2 rings (SSSR count). The average molecular weight is 391 g/mol. The predicted molar refractivity (Wildman–Crippen MR) is 107 cm³/mol. The normalized spacial score (nSPS) is 12.5. The molecule has 0 saturated heterocycles. The first-order valence-corrected chi connectivity index (χ1v) is 10.3. The molecule has 0 aromatic heterocycles. The van der Waals surface area contributed by atoms with E-state index in [0.717, 1.165) is 11.1 Å². The molecule has 0 spiro atoms. The molecule has 0 saturated carbocycles. The van der Waals surface area contributed by atoms with Crippen LogP contribution in [0.15, 0.2) is 41.3 Å². The number of benzene rings is 2. The second kappa shape index (κ2) is 8.54. The highest BCUT2D eigenvalue weighted by Crippen LogP contribution is 2.22. The fourth-order valence-electron chi connectivity index (χ4n) is 2.76. The van der Waals surface area contributed by atoms with Crippen LogP contribution in [0.3, 0.4) is 0 Å². The van der Waals surface area contributed by atoms with Gasteiger partial charge < -0.3 is 10.1 Å². The molecule has 0 fully saturated rings. The lowest BCUT2D eigenvalue weighted by molar-refractivity contribution is -0.117. The monoisotopic (exact) mass is 390 g/mol. The van der Waals surface area contributed by atoms with Crippen molar-refractivity contribution in [2.45, 2.75) is 45.6 Å². The van der Waals surface area contributed by atoms with Gasteiger partial charge in [-0.1, -0.05) is 6.07 Å². The summed E-state index contributed by atoms with van der Waals surface area (Å²) in [5, 5.41) is 2.75. The maximum absolute atomic E-state index is 12.6. The van der Waals surface area contributed by atoms with Crippen LogP contribution in [0, 0.1) is 20.8 Å². The number of carbonyl (C=O) groups excluding carboxylic acids is 1. The number of hydrogen-bond acceptors (Lipinski definition) is 4. The van der Waals surface area contributed by atoms with Crippen molar-refractivity contribution in [3.05, 3.63) is 53.1 Å². The van der Waals surface area contributed by atoms with E-state index in [1.807, 2.05) is 39.0 Å². The lowest BCUT2D eigenvalue weighted by Crippen LogP contribution is -2.41. The molecule has 0 bridgehead atoms. The molecule has 0 aliphatic rings. The van der Waals surface area contributed by atoms with Gasteiger partial charge in [0.15, 0.2) is 0 Å². The zero-order chi connectivity index (χ0) is 20.2. The second-order valence-corrected chi connectivity index (χ2v) is 8.28. The van der Waals surface area contributed by atoms with E-state index in [0.29, 0.717) is 23.6 Å². The second-order valence-electron chi connectivity index (χ2n) is 6.57. The van der Waals surface area contributed by atoms with Gasteiger partial charge in [0.25, 0.3) is 0 Å². The molecule has 0 heterocycles. The minimum absolute atomic E-state index is 0.0921. The summed E-state index contributed by atoms with van der Waals surface area (Å²) in [4.78, 5) is 12.5. The van der Waals surface area contributed by atoms with E-state index in [1.54, 1.807) is 13.0 Å². The Morgan fingerprint density at radius 3 is 2.26 bits per heavy atom. The lowest BCUT2D eigenvalue weighted by Gasteiger charge is -2.16. The first kappa shape index (κ1) is 20.9. The summed E-state index contributed by atoms with van der Waals surface area (Å²) in [5.41, 5.74) is 3.39. The molecule has 7 heteroatoms. The summed E-state index contributed by atoms with van der Waals surface area (Å²) < 4.78 is 33.0. The van der Waals surface area contributed by atoms with E-state index in [4.69, 9.17) is 4.74 Å². The molecule has 6 nitrogen and oxygen atoms in total. The third-order valence-corrected chi connectivity index (χ3v) is 5.51. The van der Waals surface area contributed by atoms with Crippen LogP contribution in [0.4, 0.5) is 5.69 Å². The Labute approximate surface area is 161 Å². The highest BCUT2D eigenvalue weighted by molar-refractivity contribution is 7.89. The SMILES string of the molecule is CCOc1ccc(S(=O)(=O)N[C@H](C)C(=O)Nc2cc(C)cc(C)c2)cc1C. The lowest BCUT2D eigenvalue weighted by atomic mass is 10.1. The van der Waals surface area contributed by atoms with Crippen LogP contribution >= 0.6 is 0 Å². The molecule has 0 unspecified atom stereocenters. The van der Waals surface area contributed by atoms with Crippen LogP contribution in [0.2, 0.25) is 0 Å². The Hall–Kier alpha value is -2.38. The van der Waals surface area contributed by atoms with Gasteiger partial charge in [0.2, 0.25) is 15.9 Å². The molecule has 146 valence electrons. The third-order valence-electron chi connectivity index (χ3n) is 3.97. The number of aryl methyl sites for hydroxylation is 3. The number of hydrogen-bond donors (Lipinski definition) is 2. The summed E-state index contributed by atoms with van der Waals surface area (Å²) in [6.45, 7) is 9.52. The van der Waals surface area contributed by atoms with Gasteiger partial charge in [-0.2, -0.15) is 4.72 Å². The van der Waals surface area contributed by atoms with Gasteiger partial charge >= 0.3 is 0 Å².